The molecule has 1 aliphatic heterocycles. The van der Waals surface area contributed by atoms with Crippen molar-refractivity contribution in [3.05, 3.63) is 113 Å². The Morgan fingerprint density at radius 3 is 2.41 bits per heavy atom. The summed E-state index contributed by atoms with van der Waals surface area (Å²) in [6.45, 7) is 0.388. The van der Waals surface area contributed by atoms with Gasteiger partial charge in [0.25, 0.3) is 11.8 Å². The molecule has 1 aliphatic rings. The van der Waals surface area contributed by atoms with E-state index in [0.717, 1.165) is 22.0 Å². The molecule has 7 nitrogen and oxygen atoms in total. The number of carbonyl (C=O) groups excluding carboxylic acids is 2. The van der Waals surface area contributed by atoms with Gasteiger partial charge in [-0.2, -0.15) is 5.10 Å². The normalized spacial score (nSPS) is 12.5. The molecule has 0 radical (unpaired) electrons. The van der Waals surface area contributed by atoms with Gasteiger partial charge in [-0.25, -0.2) is 10.2 Å². The number of carbonyl (C=O) groups is 3. The Hall–Kier alpha value is -4.78. The molecule has 4 aromatic carbocycles. The average Bonchev–Trinajstić information content (AvgIpc) is 3.12. The molecule has 0 spiro atoms. The highest BCUT2D eigenvalue weighted by atomic mass is 16.4. The molecule has 5 rings (SSSR count). The standard InChI is InChI=1S/C27H19N3O4/c31-25(29-28-15-20-5-1-2-8-21(20)27(33)34)19-13-11-17(12-14-19)16-30-23-10-4-7-18-6-3-9-22(24(18)23)26(30)32/h1-15H,16H2,(H,29,31)(H,33,34). The van der Waals surface area contributed by atoms with E-state index >= 15 is 0 Å². The summed E-state index contributed by atoms with van der Waals surface area (Å²) in [5, 5.41) is 15.1. The highest BCUT2D eigenvalue weighted by Crippen LogP contribution is 2.37. The first-order chi connectivity index (χ1) is 16.5. The molecule has 0 unspecified atom stereocenters. The third-order valence-corrected chi connectivity index (χ3v) is 5.77. The zero-order chi connectivity index (χ0) is 23.7. The van der Waals surface area contributed by atoms with Crippen LogP contribution in [0.3, 0.4) is 0 Å². The minimum absolute atomic E-state index is 0.0374. The van der Waals surface area contributed by atoms with Gasteiger partial charge in [0.2, 0.25) is 0 Å². The van der Waals surface area contributed by atoms with Crippen LogP contribution in [0.1, 0.15) is 42.2 Å². The molecule has 0 saturated carbocycles. The van der Waals surface area contributed by atoms with E-state index in [1.54, 1.807) is 47.4 Å². The molecule has 2 N–H and O–H groups in total. The fourth-order valence-electron chi connectivity index (χ4n) is 4.11. The highest BCUT2D eigenvalue weighted by Gasteiger charge is 2.29. The van der Waals surface area contributed by atoms with Gasteiger partial charge < -0.3 is 10.0 Å². The number of hydrogen-bond acceptors (Lipinski definition) is 4. The van der Waals surface area contributed by atoms with Crippen LogP contribution in [0.2, 0.25) is 0 Å². The van der Waals surface area contributed by atoms with Crippen LogP contribution in [0.15, 0.2) is 90.0 Å². The van der Waals surface area contributed by atoms with Crippen LogP contribution in [-0.2, 0) is 6.54 Å². The summed E-state index contributed by atoms with van der Waals surface area (Å²) in [6, 6.07) is 24.9. The van der Waals surface area contributed by atoms with E-state index in [9.17, 15) is 19.5 Å². The number of hydrazone groups is 1. The summed E-state index contributed by atoms with van der Waals surface area (Å²) in [4.78, 5) is 38.4. The molecule has 0 atom stereocenters. The zero-order valence-electron chi connectivity index (χ0n) is 17.9. The summed E-state index contributed by atoms with van der Waals surface area (Å²) in [5.74, 6) is -1.53. The molecule has 2 amide bonds. The first kappa shape index (κ1) is 21.1. The SMILES string of the molecule is O=C(NN=Cc1ccccc1C(=O)O)c1ccc(CN2C(=O)c3cccc4cccc2c34)cc1. The van der Waals surface area contributed by atoms with Crippen LogP contribution < -0.4 is 10.3 Å². The Labute approximate surface area is 195 Å². The van der Waals surface area contributed by atoms with Crippen LogP contribution in [-0.4, -0.2) is 29.1 Å². The van der Waals surface area contributed by atoms with Crippen molar-refractivity contribution in [3.63, 3.8) is 0 Å². The molecule has 4 aromatic rings. The predicted molar refractivity (Wildman–Crippen MR) is 129 cm³/mol. The van der Waals surface area contributed by atoms with E-state index in [1.165, 1.54) is 12.3 Å². The van der Waals surface area contributed by atoms with Crippen molar-refractivity contribution in [2.24, 2.45) is 5.10 Å². The molecule has 34 heavy (non-hydrogen) atoms. The number of amides is 2. The van der Waals surface area contributed by atoms with Gasteiger partial charge in [-0.15, -0.1) is 0 Å². The molecular formula is C27H19N3O4. The Kier molecular flexibility index (Phi) is 5.35. The van der Waals surface area contributed by atoms with Crippen molar-refractivity contribution in [1.29, 1.82) is 0 Å². The fraction of sp³-hybridized carbons (Fsp3) is 0.0370. The van der Waals surface area contributed by atoms with Gasteiger partial charge in [0.05, 0.1) is 24.0 Å². The van der Waals surface area contributed by atoms with E-state index in [4.69, 9.17) is 0 Å². The zero-order valence-corrected chi connectivity index (χ0v) is 17.9. The van der Waals surface area contributed by atoms with E-state index in [2.05, 4.69) is 10.5 Å². The third-order valence-electron chi connectivity index (χ3n) is 5.77. The lowest BCUT2D eigenvalue weighted by Crippen LogP contribution is -2.26. The van der Waals surface area contributed by atoms with E-state index in [-0.39, 0.29) is 11.5 Å². The summed E-state index contributed by atoms with van der Waals surface area (Å²) in [5.41, 5.74) is 5.76. The lowest BCUT2D eigenvalue weighted by Gasteiger charge is -2.18. The monoisotopic (exact) mass is 449 g/mol. The van der Waals surface area contributed by atoms with Crippen LogP contribution in [0, 0.1) is 0 Å². The van der Waals surface area contributed by atoms with Crippen molar-refractivity contribution in [1.82, 2.24) is 5.43 Å². The summed E-state index contributed by atoms with van der Waals surface area (Å²) in [7, 11) is 0. The molecule has 0 fully saturated rings. The summed E-state index contributed by atoms with van der Waals surface area (Å²) >= 11 is 0. The number of rotatable bonds is 6. The lowest BCUT2D eigenvalue weighted by molar-refractivity contribution is 0.0696. The van der Waals surface area contributed by atoms with Crippen LogP contribution in [0.4, 0.5) is 5.69 Å². The summed E-state index contributed by atoms with van der Waals surface area (Å²) < 4.78 is 0. The number of anilines is 1. The van der Waals surface area contributed by atoms with E-state index < -0.39 is 11.9 Å². The smallest absolute Gasteiger partial charge is 0.336 e. The van der Waals surface area contributed by atoms with Crippen LogP contribution >= 0.6 is 0 Å². The lowest BCUT2D eigenvalue weighted by atomic mass is 10.1. The molecule has 0 saturated heterocycles. The van der Waals surface area contributed by atoms with Gasteiger partial charge in [0, 0.05) is 22.1 Å². The summed E-state index contributed by atoms with van der Waals surface area (Å²) in [6.07, 6.45) is 1.30. The molecule has 0 bridgehead atoms. The topological polar surface area (TPSA) is 99.1 Å². The van der Waals surface area contributed by atoms with Gasteiger partial charge in [0.15, 0.2) is 0 Å². The van der Waals surface area contributed by atoms with Gasteiger partial charge in [-0.05, 0) is 41.3 Å². The third kappa shape index (κ3) is 3.80. The van der Waals surface area contributed by atoms with Gasteiger partial charge >= 0.3 is 5.97 Å². The molecular weight excluding hydrogens is 430 g/mol. The largest absolute Gasteiger partial charge is 0.478 e. The predicted octanol–water partition coefficient (Wildman–Crippen LogP) is 4.46. The number of hydrogen-bond donors (Lipinski definition) is 2. The van der Waals surface area contributed by atoms with Crippen LogP contribution in [0.5, 0.6) is 0 Å². The minimum Gasteiger partial charge on any atom is -0.478 e. The number of nitrogens with zero attached hydrogens (tertiary/aromatic N) is 2. The Morgan fingerprint density at radius 1 is 0.912 bits per heavy atom. The first-order valence-electron chi connectivity index (χ1n) is 10.6. The van der Waals surface area contributed by atoms with Crippen molar-refractivity contribution in [2.45, 2.75) is 6.54 Å². The molecule has 166 valence electrons. The second kappa shape index (κ2) is 8.63. The fourth-order valence-corrected chi connectivity index (χ4v) is 4.11. The number of carboxylic acids is 1. The molecule has 0 aliphatic carbocycles. The van der Waals surface area contributed by atoms with Gasteiger partial charge in [-0.3, -0.25) is 9.59 Å². The first-order valence-corrected chi connectivity index (χ1v) is 10.6. The maximum Gasteiger partial charge on any atom is 0.336 e. The maximum atomic E-state index is 13.0. The number of benzene rings is 4. The second-order valence-electron chi connectivity index (χ2n) is 7.86. The van der Waals surface area contributed by atoms with E-state index in [0.29, 0.717) is 23.2 Å². The van der Waals surface area contributed by atoms with Crippen molar-refractivity contribution in [2.75, 3.05) is 4.90 Å². The Bertz CT molecular complexity index is 1470. The van der Waals surface area contributed by atoms with Gasteiger partial charge in [-0.1, -0.05) is 54.6 Å². The van der Waals surface area contributed by atoms with Gasteiger partial charge in [0.1, 0.15) is 0 Å². The molecule has 1 heterocycles. The molecule has 0 aromatic heterocycles. The number of carboxylic acid groups (broad SMARTS) is 1. The number of nitrogens with one attached hydrogen (secondary N) is 1. The number of aromatic carboxylic acids is 1. The Morgan fingerprint density at radius 2 is 1.65 bits per heavy atom. The second-order valence-corrected chi connectivity index (χ2v) is 7.86. The highest BCUT2D eigenvalue weighted by molar-refractivity contribution is 6.24. The van der Waals surface area contributed by atoms with Crippen molar-refractivity contribution < 1.29 is 19.5 Å². The van der Waals surface area contributed by atoms with Crippen LogP contribution in [0.25, 0.3) is 10.8 Å². The maximum absolute atomic E-state index is 13.0. The van der Waals surface area contributed by atoms with E-state index in [1.807, 2.05) is 36.4 Å². The quantitative estimate of drug-likeness (QED) is 0.335. The average molecular weight is 449 g/mol. The van der Waals surface area contributed by atoms with Crippen molar-refractivity contribution >= 4 is 40.5 Å². The Balaban J connectivity index is 1.28. The van der Waals surface area contributed by atoms with Crippen molar-refractivity contribution in [3.8, 4) is 0 Å². The molecule has 7 heteroatoms. The minimum atomic E-state index is -1.07.